The normalized spacial score (nSPS) is 10.3. The highest BCUT2D eigenvalue weighted by Crippen LogP contribution is 1.87. The van der Waals surface area contributed by atoms with Crippen LogP contribution in [-0.4, -0.2) is 18.5 Å². The largest absolute Gasteiger partial charge is 0.300 e. The standard InChI is InChI=1S/C6H13N/c1-4-5-6-7(2)3/h2H,4-6H2,1,3H3. The molecule has 0 spiro atoms. The molecule has 0 saturated carbocycles. The molecule has 42 valence electrons. The summed E-state index contributed by atoms with van der Waals surface area (Å²) >= 11 is 0. The Bertz CT molecular complexity index is 33.2. The van der Waals surface area contributed by atoms with E-state index in [-0.39, 0.29) is 0 Å². The maximum Gasteiger partial charge on any atom is 0.0435 e. The molecule has 7 heavy (non-hydrogen) atoms. The van der Waals surface area contributed by atoms with Crippen molar-refractivity contribution in [3.05, 3.63) is 7.05 Å². The highest BCUT2D eigenvalue weighted by Gasteiger charge is 1.84. The molecule has 0 atom stereocenters. The summed E-state index contributed by atoms with van der Waals surface area (Å²) in [5.74, 6) is 0. The van der Waals surface area contributed by atoms with Crippen LogP contribution in [0.4, 0.5) is 0 Å². The van der Waals surface area contributed by atoms with Crippen LogP contribution in [0.2, 0.25) is 0 Å². The molecular formula is C6H13N. The molecule has 0 saturated heterocycles. The first-order valence-electron chi connectivity index (χ1n) is 2.73. The lowest BCUT2D eigenvalue weighted by Crippen LogP contribution is -2.09. The highest BCUT2D eigenvalue weighted by molar-refractivity contribution is 4.44. The number of unbranched alkanes of at least 4 members (excludes halogenated alkanes) is 1. The molecule has 0 aromatic carbocycles. The molecule has 0 N–H and O–H groups in total. The average molecular weight is 99.2 g/mol. The third kappa shape index (κ3) is 5.96. The molecule has 0 amide bonds. The van der Waals surface area contributed by atoms with Crippen LogP contribution in [0.3, 0.4) is 0 Å². The number of hydrogen-bond acceptors (Lipinski definition) is 1. The second-order valence-corrected chi connectivity index (χ2v) is 1.83. The van der Waals surface area contributed by atoms with Crippen LogP contribution in [0, 0.1) is 7.05 Å². The Labute approximate surface area is 46.3 Å². The Morgan fingerprint density at radius 2 is 2.14 bits per heavy atom. The van der Waals surface area contributed by atoms with Crippen LogP contribution in [0.1, 0.15) is 19.8 Å². The maximum absolute atomic E-state index is 5.31. The van der Waals surface area contributed by atoms with Crippen LogP contribution in [-0.2, 0) is 0 Å². The van der Waals surface area contributed by atoms with E-state index in [2.05, 4.69) is 6.92 Å². The van der Waals surface area contributed by atoms with E-state index < -0.39 is 0 Å². The van der Waals surface area contributed by atoms with E-state index in [1.165, 1.54) is 12.8 Å². The molecule has 1 nitrogen and oxygen atoms in total. The molecular weight excluding hydrogens is 86.1 g/mol. The number of hydrogen-bond donors (Lipinski definition) is 0. The summed E-state index contributed by atoms with van der Waals surface area (Å²) in [4.78, 5) is 1.71. The maximum atomic E-state index is 5.31. The molecule has 0 aliphatic rings. The summed E-state index contributed by atoms with van der Waals surface area (Å²) in [7, 11) is 7.20. The van der Waals surface area contributed by atoms with Crippen molar-refractivity contribution in [1.82, 2.24) is 4.90 Å². The van der Waals surface area contributed by atoms with E-state index in [0.29, 0.717) is 0 Å². The van der Waals surface area contributed by atoms with Crippen LogP contribution >= 0.6 is 0 Å². The minimum absolute atomic E-state index is 1.01. The SMILES string of the molecule is [CH]N(C)CCCC. The van der Waals surface area contributed by atoms with Gasteiger partial charge >= 0.3 is 0 Å². The first-order chi connectivity index (χ1) is 3.27. The first kappa shape index (κ1) is 6.96. The predicted molar refractivity (Wildman–Crippen MR) is 31.8 cm³/mol. The Morgan fingerprint density at radius 3 is 2.29 bits per heavy atom. The van der Waals surface area contributed by atoms with E-state index in [9.17, 15) is 0 Å². The quantitative estimate of drug-likeness (QED) is 0.483. The van der Waals surface area contributed by atoms with Gasteiger partial charge in [-0.05, 0) is 20.0 Å². The van der Waals surface area contributed by atoms with E-state index in [1.54, 1.807) is 4.90 Å². The van der Waals surface area contributed by atoms with Crippen LogP contribution < -0.4 is 0 Å². The van der Waals surface area contributed by atoms with Gasteiger partial charge in [0.25, 0.3) is 0 Å². The highest BCUT2D eigenvalue weighted by atomic mass is 15.0. The van der Waals surface area contributed by atoms with Gasteiger partial charge in [0.15, 0.2) is 0 Å². The zero-order chi connectivity index (χ0) is 5.70. The van der Waals surface area contributed by atoms with Crippen molar-refractivity contribution in [3.63, 3.8) is 0 Å². The van der Waals surface area contributed by atoms with Gasteiger partial charge in [-0.25, -0.2) is 0 Å². The van der Waals surface area contributed by atoms with Crippen molar-refractivity contribution < 1.29 is 0 Å². The smallest absolute Gasteiger partial charge is 0.0435 e. The molecule has 0 heterocycles. The fourth-order valence-electron chi connectivity index (χ4n) is 0.408. The summed E-state index contributed by atoms with van der Waals surface area (Å²) in [6.07, 6.45) is 2.43. The fraction of sp³-hybridized carbons (Fsp3) is 0.833. The Kier molecular flexibility index (Phi) is 4.10. The lowest BCUT2D eigenvalue weighted by molar-refractivity contribution is 0.436. The van der Waals surface area contributed by atoms with Crippen molar-refractivity contribution in [3.8, 4) is 0 Å². The van der Waals surface area contributed by atoms with E-state index >= 15 is 0 Å². The second kappa shape index (κ2) is 4.13. The molecule has 0 aliphatic heterocycles. The second-order valence-electron chi connectivity index (χ2n) is 1.83. The molecule has 0 unspecified atom stereocenters. The summed E-state index contributed by atoms with van der Waals surface area (Å²) in [5.41, 5.74) is 0. The Hall–Kier alpha value is -0.0400. The minimum atomic E-state index is 1.01. The molecule has 0 aromatic rings. The van der Waals surface area contributed by atoms with Crippen molar-refractivity contribution >= 4 is 0 Å². The van der Waals surface area contributed by atoms with Gasteiger partial charge in [0.2, 0.25) is 0 Å². The summed E-state index contributed by atoms with van der Waals surface area (Å²) in [5, 5.41) is 0. The minimum Gasteiger partial charge on any atom is -0.300 e. The van der Waals surface area contributed by atoms with Crippen molar-refractivity contribution in [2.75, 3.05) is 13.6 Å². The lowest BCUT2D eigenvalue weighted by atomic mass is 10.3. The van der Waals surface area contributed by atoms with E-state index in [1.807, 2.05) is 7.05 Å². The van der Waals surface area contributed by atoms with Gasteiger partial charge in [-0.1, -0.05) is 13.3 Å². The van der Waals surface area contributed by atoms with Crippen LogP contribution in [0.5, 0.6) is 0 Å². The van der Waals surface area contributed by atoms with Crippen molar-refractivity contribution in [2.24, 2.45) is 0 Å². The zero-order valence-corrected chi connectivity index (χ0v) is 5.15. The molecule has 0 aromatic heterocycles. The molecule has 1 heteroatoms. The molecule has 0 aliphatic carbocycles. The predicted octanol–water partition coefficient (Wildman–Crippen LogP) is 1.39. The van der Waals surface area contributed by atoms with E-state index in [4.69, 9.17) is 7.05 Å². The average Bonchev–Trinajstić information content (AvgIpc) is 1.61. The third-order valence-corrected chi connectivity index (χ3v) is 0.864. The van der Waals surface area contributed by atoms with Crippen LogP contribution in [0.25, 0.3) is 0 Å². The lowest BCUT2D eigenvalue weighted by Gasteiger charge is -2.04. The monoisotopic (exact) mass is 99.1 g/mol. The van der Waals surface area contributed by atoms with Crippen molar-refractivity contribution in [2.45, 2.75) is 19.8 Å². The Morgan fingerprint density at radius 1 is 1.57 bits per heavy atom. The summed E-state index contributed by atoms with van der Waals surface area (Å²) < 4.78 is 0. The fourth-order valence-corrected chi connectivity index (χ4v) is 0.408. The topological polar surface area (TPSA) is 3.24 Å². The van der Waals surface area contributed by atoms with Crippen LogP contribution in [0.15, 0.2) is 0 Å². The number of rotatable bonds is 3. The number of nitrogens with zero attached hydrogens (tertiary/aromatic N) is 1. The summed E-state index contributed by atoms with van der Waals surface area (Å²) in [6.45, 7) is 3.17. The first-order valence-corrected chi connectivity index (χ1v) is 2.73. The summed E-state index contributed by atoms with van der Waals surface area (Å²) in [6, 6.07) is 0. The van der Waals surface area contributed by atoms with Gasteiger partial charge in [-0.2, -0.15) is 0 Å². The van der Waals surface area contributed by atoms with Gasteiger partial charge in [0.05, 0.1) is 0 Å². The molecule has 0 rings (SSSR count). The Balaban J connectivity index is 2.68. The molecule has 2 radical (unpaired) electrons. The van der Waals surface area contributed by atoms with Crippen molar-refractivity contribution in [1.29, 1.82) is 0 Å². The van der Waals surface area contributed by atoms with Gasteiger partial charge in [0, 0.05) is 7.05 Å². The van der Waals surface area contributed by atoms with E-state index in [0.717, 1.165) is 6.54 Å². The third-order valence-electron chi connectivity index (χ3n) is 0.864. The van der Waals surface area contributed by atoms with Gasteiger partial charge in [0.1, 0.15) is 0 Å². The van der Waals surface area contributed by atoms with Gasteiger partial charge in [-0.15, -0.1) is 0 Å². The molecule has 0 bridgehead atoms. The van der Waals surface area contributed by atoms with Gasteiger partial charge in [-0.3, -0.25) is 0 Å². The zero-order valence-electron chi connectivity index (χ0n) is 5.15. The molecule has 0 fully saturated rings. The van der Waals surface area contributed by atoms with Gasteiger partial charge < -0.3 is 4.90 Å².